The fraction of sp³-hybridized carbons (Fsp3) is 0. The summed E-state index contributed by atoms with van der Waals surface area (Å²) in [7, 11) is 0. The lowest BCUT2D eigenvalue weighted by Crippen LogP contribution is -2.00. The first-order valence-corrected chi connectivity index (χ1v) is 38.6. The molecule has 0 unspecified atom stereocenters. The average molecular weight is 1480 g/mol. The Kier molecular flexibility index (Phi) is 17.8. The average Bonchev–Trinajstić information content (AvgIpc) is 1.66. The van der Waals surface area contributed by atoms with Gasteiger partial charge in [0.25, 0.3) is 0 Å². The molecule has 0 N–H and O–H groups in total. The lowest BCUT2D eigenvalue weighted by atomic mass is 9.90. The van der Waals surface area contributed by atoms with E-state index in [0.717, 1.165) is 133 Å². The van der Waals surface area contributed by atoms with Gasteiger partial charge in [0.15, 0.2) is 34.9 Å². The molecule has 0 spiro atoms. The van der Waals surface area contributed by atoms with Crippen LogP contribution in [0.1, 0.15) is 11.1 Å². The van der Waals surface area contributed by atoms with Crippen LogP contribution in [0.4, 0.5) is 0 Å². The smallest absolute Gasteiger partial charge is 0.164 e. The number of aromatic nitrogens is 8. The number of nitrogens with zero attached hydrogens (tertiary/aromatic N) is 10. The summed E-state index contributed by atoms with van der Waals surface area (Å²) in [6, 6.07) is 143. The van der Waals surface area contributed by atoms with Gasteiger partial charge in [0.05, 0.1) is 45.3 Å². The van der Waals surface area contributed by atoms with E-state index in [4.69, 9.17) is 29.9 Å². The van der Waals surface area contributed by atoms with Crippen molar-refractivity contribution in [2.45, 2.75) is 0 Å². The Hall–Kier alpha value is -16.1. The monoisotopic (exact) mass is 1480 g/mol. The van der Waals surface area contributed by atoms with Gasteiger partial charge in [-0.15, -0.1) is 0 Å². The molecule has 10 heteroatoms. The minimum Gasteiger partial charge on any atom is -0.309 e. The summed E-state index contributed by atoms with van der Waals surface area (Å²) in [6.45, 7) is 0. The highest BCUT2D eigenvalue weighted by Crippen LogP contribution is 2.43. The van der Waals surface area contributed by atoms with E-state index in [1.807, 2.05) is 146 Å². The van der Waals surface area contributed by atoms with Crippen LogP contribution in [0.25, 0.3) is 200 Å². The zero-order valence-electron chi connectivity index (χ0n) is 62.6. The highest BCUT2D eigenvalue weighted by molar-refractivity contribution is 6.12. The first kappa shape index (κ1) is 69.1. The Morgan fingerprint density at radius 2 is 0.414 bits per heavy atom. The first-order chi connectivity index (χ1) is 57.4. The molecule has 21 rings (SSSR count). The van der Waals surface area contributed by atoms with Crippen molar-refractivity contribution in [3.05, 3.63) is 412 Å². The molecule has 0 aliphatic heterocycles. The van der Waals surface area contributed by atoms with Crippen molar-refractivity contribution in [1.82, 2.24) is 39.0 Å². The lowest BCUT2D eigenvalue weighted by molar-refractivity contribution is 1.07. The molecule has 0 saturated carbocycles. The first-order valence-electron chi connectivity index (χ1n) is 38.6. The third-order valence-electron chi connectivity index (χ3n) is 21.8. The zero-order valence-corrected chi connectivity index (χ0v) is 62.6. The van der Waals surface area contributed by atoms with Gasteiger partial charge in [0.1, 0.15) is 0 Å². The number of para-hydroxylation sites is 4. The Bertz CT molecular complexity index is 7210. The van der Waals surface area contributed by atoms with Gasteiger partial charge in [-0.05, 0) is 150 Å². The van der Waals surface area contributed by atoms with Crippen molar-refractivity contribution in [3.63, 3.8) is 0 Å². The molecule has 0 aliphatic carbocycles. The molecule has 4 heterocycles. The number of nitriles is 2. The van der Waals surface area contributed by atoms with Crippen LogP contribution < -0.4 is 0 Å². The fourth-order valence-electron chi connectivity index (χ4n) is 16.3. The molecular formula is C106H66N10. The zero-order chi connectivity index (χ0) is 77.4. The Labute approximate surface area is 669 Å². The van der Waals surface area contributed by atoms with Crippen molar-refractivity contribution >= 4 is 65.2 Å². The molecule has 540 valence electrons. The van der Waals surface area contributed by atoms with E-state index in [1.165, 1.54) is 32.6 Å². The van der Waals surface area contributed by atoms with E-state index in [0.29, 0.717) is 46.1 Å². The molecule has 0 bridgehead atoms. The van der Waals surface area contributed by atoms with E-state index in [-0.39, 0.29) is 0 Å². The normalized spacial score (nSPS) is 11.3. The summed E-state index contributed by atoms with van der Waals surface area (Å²) in [5.41, 5.74) is 24.0. The summed E-state index contributed by atoms with van der Waals surface area (Å²) >= 11 is 0. The van der Waals surface area contributed by atoms with E-state index in [2.05, 4.69) is 276 Å². The van der Waals surface area contributed by atoms with Gasteiger partial charge in [-0.3, -0.25) is 0 Å². The van der Waals surface area contributed by atoms with Crippen LogP contribution in [-0.2, 0) is 0 Å². The molecule has 0 amide bonds. The predicted molar refractivity (Wildman–Crippen MR) is 473 cm³/mol. The second-order valence-corrected chi connectivity index (χ2v) is 28.7. The standard InChI is InChI=1S/C56H35N5.C50H31N5/c57-36-37-33-43(38-27-29-45(30-28-38)61-52-21-11-9-19-50(52)51-20-10-12-22-53(51)61)35-44(34-37)47-32-31-46(48-17-7-8-18-49(47)48)39-23-25-42(26-24-39)56-59-54(40-13-3-1-4-14-40)58-55(60-56)41-15-5-2-6-16-41;51-32-33-29-38(31-39(30-33)55-46-21-11-9-19-44(46)45-20-10-12-22-47(45)55)41-28-27-40(42-17-7-8-18-43(41)42)34-23-25-37(26-24-34)50-53-48(35-13-3-1-4-14-35)52-49(54-50)36-15-5-2-6-16-36/h1-35H;1-31H. The predicted octanol–water partition coefficient (Wildman–Crippen LogP) is 26.3. The molecule has 0 saturated heterocycles. The van der Waals surface area contributed by atoms with Crippen molar-refractivity contribution in [3.8, 4) is 147 Å². The minimum absolute atomic E-state index is 0.613. The summed E-state index contributed by atoms with van der Waals surface area (Å²) in [5, 5.41) is 29.8. The number of benzene rings is 17. The van der Waals surface area contributed by atoms with Crippen LogP contribution in [-0.4, -0.2) is 39.0 Å². The van der Waals surface area contributed by atoms with Gasteiger partial charge >= 0.3 is 0 Å². The van der Waals surface area contributed by atoms with Crippen LogP contribution in [0.5, 0.6) is 0 Å². The lowest BCUT2D eigenvalue weighted by Gasteiger charge is -2.15. The van der Waals surface area contributed by atoms with Crippen LogP contribution in [0, 0.1) is 22.7 Å². The van der Waals surface area contributed by atoms with Crippen molar-refractivity contribution in [2.24, 2.45) is 0 Å². The number of rotatable bonds is 13. The maximum Gasteiger partial charge on any atom is 0.164 e. The second-order valence-electron chi connectivity index (χ2n) is 28.7. The fourth-order valence-corrected chi connectivity index (χ4v) is 16.3. The van der Waals surface area contributed by atoms with Gasteiger partial charge in [-0.1, -0.05) is 328 Å². The van der Waals surface area contributed by atoms with E-state index in [1.54, 1.807) is 0 Å². The van der Waals surface area contributed by atoms with Gasteiger partial charge < -0.3 is 9.13 Å². The molecule has 0 atom stereocenters. The van der Waals surface area contributed by atoms with Crippen LogP contribution >= 0.6 is 0 Å². The van der Waals surface area contributed by atoms with Crippen LogP contribution in [0.15, 0.2) is 400 Å². The van der Waals surface area contributed by atoms with Crippen LogP contribution in [0.2, 0.25) is 0 Å². The minimum atomic E-state index is 0.613. The summed E-state index contributed by atoms with van der Waals surface area (Å²) < 4.78 is 4.59. The van der Waals surface area contributed by atoms with Crippen molar-refractivity contribution in [1.29, 1.82) is 10.5 Å². The van der Waals surface area contributed by atoms with Gasteiger partial charge in [-0.25, -0.2) is 29.9 Å². The largest absolute Gasteiger partial charge is 0.309 e. The molecule has 17 aromatic carbocycles. The van der Waals surface area contributed by atoms with E-state index in [9.17, 15) is 10.5 Å². The Morgan fingerprint density at radius 1 is 0.172 bits per heavy atom. The number of hydrogen-bond donors (Lipinski definition) is 0. The third kappa shape index (κ3) is 13.0. The molecule has 10 nitrogen and oxygen atoms in total. The van der Waals surface area contributed by atoms with E-state index >= 15 is 0 Å². The van der Waals surface area contributed by atoms with Gasteiger partial charge in [-0.2, -0.15) is 10.5 Å². The molecular weight excluding hydrogens is 1410 g/mol. The van der Waals surface area contributed by atoms with Crippen LogP contribution in [0.3, 0.4) is 0 Å². The molecule has 4 aromatic heterocycles. The highest BCUT2D eigenvalue weighted by Gasteiger charge is 2.21. The quantitative estimate of drug-likeness (QED) is 0.111. The van der Waals surface area contributed by atoms with Gasteiger partial charge in [0.2, 0.25) is 0 Å². The second kappa shape index (κ2) is 29.9. The number of fused-ring (bicyclic) bond motifs is 8. The van der Waals surface area contributed by atoms with Gasteiger partial charge in [0, 0.05) is 66.3 Å². The summed E-state index contributed by atoms with van der Waals surface area (Å²) in [4.78, 5) is 29.4. The molecule has 0 aliphatic rings. The molecule has 0 radical (unpaired) electrons. The summed E-state index contributed by atoms with van der Waals surface area (Å²) in [5.74, 6) is 3.78. The topological polar surface area (TPSA) is 135 Å². The van der Waals surface area contributed by atoms with Crippen molar-refractivity contribution in [2.75, 3.05) is 0 Å². The van der Waals surface area contributed by atoms with Crippen molar-refractivity contribution < 1.29 is 0 Å². The molecule has 21 aromatic rings. The SMILES string of the molecule is N#Cc1cc(-c2ccc(-c3ccc(-c4nc(-c5ccccc5)nc(-c5ccccc5)n4)cc3)c3ccccc23)cc(-n2c3ccccc3c3ccccc32)c1.N#Cc1cc(-c2ccc(-n3c4ccccc4c4ccccc43)cc2)cc(-c2ccc(-c3ccc(-c4nc(-c5ccccc5)nc(-c5ccccc5)n4)cc3)c3ccccc23)c1. The summed E-state index contributed by atoms with van der Waals surface area (Å²) in [6.07, 6.45) is 0. The molecule has 0 fully saturated rings. The highest BCUT2D eigenvalue weighted by atomic mass is 15.0. The Morgan fingerprint density at radius 3 is 0.741 bits per heavy atom. The Balaban J connectivity index is 0.000000150. The maximum absolute atomic E-state index is 10.2. The van der Waals surface area contributed by atoms with E-state index < -0.39 is 0 Å². The maximum atomic E-state index is 10.2. The number of hydrogen-bond acceptors (Lipinski definition) is 8. The third-order valence-corrected chi connectivity index (χ3v) is 21.8. The molecule has 116 heavy (non-hydrogen) atoms.